The van der Waals surface area contributed by atoms with Gasteiger partial charge in [0, 0.05) is 19.8 Å². The number of nitrogens with two attached hydrogens (primary N) is 1. The predicted molar refractivity (Wildman–Crippen MR) is 66.4 cm³/mol. The first-order valence-electron chi connectivity index (χ1n) is 5.45. The van der Waals surface area contributed by atoms with Crippen molar-refractivity contribution in [2.24, 2.45) is 5.84 Å². The van der Waals surface area contributed by atoms with E-state index in [0.29, 0.717) is 18.3 Å². The standard InChI is InChI=1S/C10H18N6O/c1-3-5-12-9(17)7-16(2)8-4-6-13-10(14-8)15-11/h4,6H,3,5,7,11H2,1-2H3,(H,12,17)(H,13,14,15). The average Bonchev–Trinajstić information content (AvgIpc) is 2.36. The van der Waals surface area contributed by atoms with E-state index in [9.17, 15) is 4.79 Å². The zero-order valence-corrected chi connectivity index (χ0v) is 10.1. The normalized spacial score (nSPS) is 9.82. The zero-order valence-electron chi connectivity index (χ0n) is 10.1. The quantitative estimate of drug-likeness (QED) is 0.466. The van der Waals surface area contributed by atoms with Gasteiger partial charge in [-0.2, -0.15) is 4.98 Å². The van der Waals surface area contributed by atoms with Gasteiger partial charge in [0.15, 0.2) is 0 Å². The smallest absolute Gasteiger partial charge is 0.239 e. The molecule has 0 aliphatic carbocycles. The summed E-state index contributed by atoms with van der Waals surface area (Å²) < 4.78 is 0. The molecule has 1 aromatic rings. The molecule has 0 saturated heterocycles. The van der Waals surface area contributed by atoms with Crippen molar-refractivity contribution in [2.45, 2.75) is 13.3 Å². The van der Waals surface area contributed by atoms with E-state index in [2.05, 4.69) is 20.7 Å². The minimum Gasteiger partial charge on any atom is -0.355 e. The molecular weight excluding hydrogens is 220 g/mol. The van der Waals surface area contributed by atoms with E-state index < -0.39 is 0 Å². The summed E-state index contributed by atoms with van der Waals surface area (Å²) in [5, 5.41) is 2.80. The third-order valence-electron chi connectivity index (χ3n) is 2.11. The molecule has 0 aromatic carbocycles. The second kappa shape index (κ2) is 6.64. The molecule has 0 aliphatic rings. The van der Waals surface area contributed by atoms with Crippen LogP contribution in [0.2, 0.25) is 0 Å². The number of anilines is 2. The lowest BCUT2D eigenvalue weighted by Crippen LogP contribution is -2.35. The van der Waals surface area contributed by atoms with E-state index in [4.69, 9.17) is 5.84 Å². The molecular formula is C10H18N6O. The highest BCUT2D eigenvalue weighted by atomic mass is 16.2. The number of hydrogen-bond acceptors (Lipinski definition) is 6. The van der Waals surface area contributed by atoms with Crippen LogP contribution in [0.25, 0.3) is 0 Å². The van der Waals surface area contributed by atoms with Gasteiger partial charge >= 0.3 is 0 Å². The predicted octanol–water partition coefficient (Wildman–Crippen LogP) is -0.275. The number of hydrogen-bond donors (Lipinski definition) is 3. The molecule has 0 spiro atoms. The second-order valence-electron chi connectivity index (χ2n) is 3.59. The first-order chi connectivity index (χ1) is 8.17. The zero-order chi connectivity index (χ0) is 12.7. The number of aromatic nitrogens is 2. The van der Waals surface area contributed by atoms with Gasteiger partial charge in [-0.25, -0.2) is 10.8 Å². The molecule has 0 unspecified atom stereocenters. The molecule has 17 heavy (non-hydrogen) atoms. The number of amides is 1. The molecule has 1 heterocycles. The molecule has 0 aliphatic heterocycles. The summed E-state index contributed by atoms with van der Waals surface area (Å²) >= 11 is 0. The van der Waals surface area contributed by atoms with Crippen molar-refractivity contribution in [1.29, 1.82) is 0 Å². The second-order valence-corrected chi connectivity index (χ2v) is 3.59. The van der Waals surface area contributed by atoms with Crippen molar-refractivity contribution in [3.05, 3.63) is 12.3 Å². The minimum atomic E-state index is -0.0322. The van der Waals surface area contributed by atoms with Gasteiger partial charge in [0.05, 0.1) is 6.54 Å². The Bertz CT molecular complexity index is 370. The monoisotopic (exact) mass is 238 g/mol. The molecule has 7 nitrogen and oxygen atoms in total. The summed E-state index contributed by atoms with van der Waals surface area (Å²) in [5.41, 5.74) is 2.36. The van der Waals surface area contributed by atoms with Gasteiger partial charge in [-0.3, -0.25) is 10.2 Å². The Morgan fingerprint density at radius 1 is 1.59 bits per heavy atom. The molecule has 0 atom stereocenters. The van der Waals surface area contributed by atoms with Crippen molar-refractivity contribution >= 4 is 17.7 Å². The summed E-state index contributed by atoms with van der Waals surface area (Å²) in [6.07, 6.45) is 2.50. The molecule has 0 saturated carbocycles. The van der Waals surface area contributed by atoms with Crippen LogP contribution in [0.15, 0.2) is 12.3 Å². The van der Waals surface area contributed by atoms with Crippen LogP contribution < -0.4 is 21.5 Å². The summed E-state index contributed by atoms with van der Waals surface area (Å²) in [6.45, 7) is 2.95. The summed E-state index contributed by atoms with van der Waals surface area (Å²) in [6, 6.07) is 1.72. The Morgan fingerprint density at radius 3 is 3.00 bits per heavy atom. The maximum Gasteiger partial charge on any atom is 0.239 e. The van der Waals surface area contributed by atoms with Gasteiger partial charge in [0.25, 0.3) is 0 Å². The molecule has 1 rings (SSSR count). The largest absolute Gasteiger partial charge is 0.355 e. The number of rotatable bonds is 6. The van der Waals surface area contributed by atoms with Crippen molar-refractivity contribution < 1.29 is 4.79 Å². The van der Waals surface area contributed by atoms with Gasteiger partial charge < -0.3 is 10.2 Å². The molecule has 4 N–H and O–H groups in total. The van der Waals surface area contributed by atoms with Crippen molar-refractivity contribution in [3.63, 3.8) is 0 Å². The van der Waals surface area contributed by atoms with E-state index in [1.54, 1.807) is 24.2 Å². The number of nitrogens with zero attached hydrogens (tertiary/aromatic N) is 3. The summed E-state index contributed by atoms with van der Waals surface area (Å²) in [5.74, 6) is 6.14. The molecule has 0 fully saturated rings. The Balaban J connectivity index is 2.56. The fraction of sp³-hybridized carbons (Fsp3) is 0.500. The first-order valence-corrected chi connectivity index (χ1v) is 5.45. The van der Waals surface area contributed by atoms with E-state index in [1.807, 2.05) is 6.92 Å². The van der Waals surface area contributed by atoms with E-state index in [-0.39, 0.29) is 12.5 Å². The SMILES string of the molecule is CCCNC(=O)CN(C)c1ccnc(NN)n1. The van der Waals surface area contributed by atoms with Crippen LogP contribution in [0, 0.1) is 0 Å². The number of nitrogens with one attached hydrogen (secondary N) is 2. The van der Waals surface area contributed by atoms with Crippen LogP contribution in [0.3, 0.4) is 0 Å². The Hall–Kier alpha value is -1.89. The maximum atomic E-state index is 11.5. The van der Waals surface area contributed by atoms with Crippen LogP contribution in [-0.4, -0.2) is 36.0 Å². The van der Waals surface area contributed by atoms with Gasteiger partial charge in [0.2, 0.25) is 11.9 Å². The lowest BCUT2D eigenvalue weighted by Gasteiger charge is -2.17. The van der Waals surface area contributed by atoms with Crippen molar-refractivity contribution in [2.75, 3.05) is 30.5 Å². The van der Waals surface area contributed by atoms with E-state index in [0.717, 1.165) is 6.42 Å². The van der Waals surface area contributed by atoms with Crippen LogP contribution in [0.4, 0.5) is 11.8 Å². The van der Waals surface area contributed by atoms with Crippen LogP contribution in [-0.2, 0) is 4.79 Å². The van der Waals surface area contributed by atoms with Crippen LogP contribution >= 0.6 is 0 Å². The van der Waals surface area contributed by atoms with Gasteiger partial charge in [-0.1, -0.05) is 6.92 Å². The average molecular weight is 238 g/mol. The summed E-state index contributed by atoms with van der Waals surface area (Å²) in [7, 11) is 1.79. The fourth-order valence-electron chi connectivity index (χ4n) is 1.25. The number of hydrazine groups is 1. The van der Waals surface area contributed by atoms with E-state index in [1.165, 1.54) is 0 Å². The number of carbonyl (C=O) groups excluding carboxylic acids is 1. The third kappa shape index (κ3) is 4.23. The topological polar surface area (TPSA) is 96.2 Å². The molecule has 0 bridgehead atoms. The summed E-state index contributed by atoms with van der Waals surface area (Å²) in [4.78, 5) is 21.3. The van der Waals surface area contributed by atoms with Gasteiger partial charge in [-0.15, -0.1) is 0 Å². The fourth-order valence-corrected chi connectivity index (χ4v) is 1.25. The molecule has 7 heteroatoms. The van der Waals surface area contributed by atoms with E-state index >= 15 is 0 Å². The number of carbonyl (C=O) groups is 1. The molecule has 1 amide bonds. The molecule has 1 aromatic heterocycles. The van der Waals surface area contributed by atoms with Crippen molar-refractivity contribution in [3.8, 4) is 0 Å². The van der Waals surface area contributed by atoms with Gasteiger partial charge in [-0.05, 0) is 12.5 Å². The highest BCUT2D eigenvalue weighted by Crippen LogP contribution is 2.08. The maximum absolute atomic E-state index is 11.5. The van der Waals surface area contributed by atoms with Crippen LogP contribution in [0.5, 0.6) is 0 Å². The van der Waals surface area contributed by atoms with Crippen LogP contribution in [0.1, 0.15) is 13.3 Å². The Kier molecular flexibility index (Phi) is 5.15. The minimum absolute atomic E-state index is 0.0322. The Labute approximate surface area is 100 Å². The first kappa shape index (κ1) is 13.2. The van der Waals surface area contributed by atoms with Gasteiger partial charge in [0.1, 0.15) is 5.82 Å². The van der Waals surface area contributed by atoms with Crippen molar-refractivity contribution in [1.82, 2.24) is 15.3 Å². The molecule has 0 radical (unpaired) electrons. The highest BCUT2D eigenvalue weighted by Gasteiger charge is 2.08. The Morgan fingerprint density at radius 2 is 2.35 bits per heavy atom. The number of nitrogen functional groups attached to an aromatic ring is 1. The molecule has 94 valence electrons. The third-order valence-corrected chi connectivity index (χ3v) is 2.11. The highest BCUT2D eigenvalue weighted by molar-refractivity contribution is 5.80. The lowest BCUT2D eigenvalue weighted by atomic mass is 10.4. The lowest BCUT2D eigenvalue weighted by molar-refractivity contribution is -0.119. The number of likely N-dealkylation sites (N-methyl/N-ethyl adjacent to an activating group) is 1.